The molecule has 2 unspecified atom stereocenters. The zero-order valence-electron chi connectivity index (χ0n) is 52.0. The van der Waals surface area contributed by atoms with Crippen LogP contribution in [0.3, 0.4) is 0 Å². The Bertz CT molecular complexity index is 4290. The minimum Gasteiger partial charge on any atom is -0.493 e. The summed E-state index contributed by atoms with van der Waals surface area (Å²) in [5.41, 5.74) is 10.5. The zero-order chi connectivity index (χ0) is 61.8. The summed E-state index contributed by atoms with van der Waals surface area (Å²) in [4.78, 5) is 10.9. The smallest absolute Gasteiger partial charge is 0.328 e. The van der Waals surface area contributed by atoms with Crippen LogP contribution in [-0.2, 0) is 0 Å². The number of rotatable bonds is 24. The molecule has 0 saturated carbocycles. The third-order valence-electron chi connectivity index (χ3n) is 17.8. The number of para-hydroxylation sites is 2. The molecule has 0 saturated heterocycles. The summed E-state index contributed by atoms with van der Waals surface area (Å²) in [7, 11) is 0. The van der Waals surface area contributed by atoms with Crippen LogP contribution < -0.4 is 42.0 Å². The Morgan fingerprint density at radius 1 is 0.422 bits per heavy atom. The Morgan fingerprint density at radius 3 is 1.12 bits per heavy atom. The van der Waals surface area contributed by atoms with Gasteiger partial charge in [0, 0.05) is 44.1 Å². The van der Waals surface area contributed by atoms with E-state index in [4.69, 9.17) is 19.4 Å². The lowest BCUT2D eigenvalue weighted by Gasteiger charge is -2.25. The fraction of sp³-hybridized carbons (Fsp3) is 0.200. The third-order valence-corrected chi connectivity index (χ3v) is 17.8. The van der Waals surface area contributed by atoms with E-state index in [9.17, 15) is 10.5 Å². The molecule has 90 heavy (non-hydrogen) atoms. The van der Waals surface area contributed by atoms with Crippen LogP contribution in [-0.4, -0.2) is 45.8 Å². The van der Waals surface area contributed by atoms with Gasteiger partial charge in [0.15, 0.2) is 0 Å². The lowest BCUT2D eigenvalue weighted by molar-refractivity contribution is 0.233. The molecule has 12 aromatic rings. The topological polar surface area (TPSA) is 102 Å². The number of unbranched alkanes of at least 4 members (excludes halogenated alkanes) is 2. The van der Waals surface area contributed by atoms with E-state index < -0.39 is 13.7 Å². The Labute approximate surface area is 530 Å². The van der Waals surface area contributed by atoms with Gasteiger partial charge in [0.25, 0.3) is 0 Å². The van der Waals surface area contributed by atoms with Crippen molar-refractivity contribution in [3.63, 3.8) is 0 Å². The van der Waals surface area contributed by atoms with Crippen molar-refractivity contribution >= 4 is 79.3 Å². The van der Waals surface area contributed by atoms with Crippen LogP contribution in [0.25, 0.3) is 66.2 Å². The van der Waals surface area contributed by atoms with E-state index in [0.717, 1.165) is 140 Å². The van der Waals surface area contributed by atoms with Gasteiger partial charge in [0.2, 0.25) is 0 Å². The average molecular weight is 1170 g/mol. The summed E-state index contributed by atoms with van der Waals surface area (Å²) in [5, 5.41) is 29.9. The predicted molar refractivity (Wildman–Crippen MR) is 374 cm³/mol. The number of aromatic nitrogens is 4. The second-order valence-corrected chi connectivity index (χ2v) is 23.6. The number of nitrogens with zero attached hydrogens (tertiary/aromatic N) is 6. The highest BCUT2D eigenvalue weighted by Crippen LogP contribution is 2.39. The van der Waals surface area contributed by atoms with Crippen LogP contribution in [0, 0.1) is 34.5 Å². The lowest BCUT2D eigenvalue weighted by atomic mass is 9.50. The van der Waals surface area contributed by atoms with Gasteiger partial charge in [0.05, 0.1) is 46.3 Å². The maximum absolute atomic E-state index is 12.6. The van der Waals surface area contributed by atoms with Crippen molar-refractivity contribution in [2.45, 2.75) is 79.1 Å². The molecule has 4 aromatic heterocycles. The molecule has 0 aliphatic heterocycles. The number of hydrogen-bond acceptors (Lipinski definition) is 6. The Kier molecular flexibility index (Phi) is 18.9. The van der Waals surface area contributed by atoms with Crippen LogP contribution in [0.15, 0.2) is 243 Å². The van der Waals surface area contributed by atoms with E-state index in [1.807, 2.05) is 48.5 Å². The summed E-state index contributed by atoms with van der Waals surface area (Å²) in [6, 6.07) is 89.2. The SMILES string of the molecule is CCCCC(CC)COc1cccc(-c2c3/c(=C(\C#N)c4ccc5ccccc5n4)n(B(c4ccccc4)c4ccccc4)c(-c4cccc(OCC(CC)CCCC)c4)c3/c(=C(\C#N)c3ccc4ccccc4n3)n2B(c2ccccc2)c2ccccc2)c1. The van der Waals surface area contributed by atoms with Gasteiger partial charge in [-0.3, -0.25) is 0 Å². The van der Waals surface area contributed by atoms with Gasteiger partial charge in [-0.15, -0.1) is 0 Å². The van der Waals surface area contributed by atoms with Crippen molar-refractivity contribution in [3.05, 3.63) is 265 Å². The molecule has 442 valence electrons. The molecule has 12 rings (SSSR count). The van der Waals surface area contributed by atoms with Crippen LogP contribution in [0.2, 0.25) is 0 Å². The molecule has 10 heteroatoms. The number of fused-ring (bicyclic) bond motifs is 3. The molecule has 8 aromatic carbocycles. The molecule has 0 fully saturated rings. The van der Waals surface area contributed by atoms with Gasteiger partial charge >= 0.3 is 13.7 Å². The number of hydrogen-bond donors (Lipinski definition) is 0. The normalized spacial score (nSPS) is 12.7. The van der Waals surface area contributed by atoms with E-state index in [0.29, 0.717) is 58.3 Å². The second-order valence-electron chi connectivity index (χ2n) is 23.6. The summed E-state index contributed by atoms with van der Waals surface area (Å²) in [6.45, 7) is 9.00. The van der Waals surface area contributed by atoms with Gasteiger partial charge in [-0.1, -0.05) is 282 Å². The van der Waals surface area contributed by atoms with Crippen LogP contribution in [0.1, 0.15) is 90.4 Å². The highest BCUT2D eigenvalue weighted by Gasteiger charge is 2.38. The lowest BCUT2D eigenvalue weighted by Crippen LogP contribution is -2.54. The highest BCUT2D eigenvalue weighted by molar-refractivity contribution is 6.85. The first-order chi connectivity index (χ1) is 44.4. The van der Waals surface area contributed by atoms with Crippen LogP contribution in [0.4, 0.5) is 0 Å². The molecule has 0 aliphatic rings. The average Bonchev–Trinajstić information content (AvgIpc) is 1.52. The number of benzene rings is 8. The van der Waals surface area contributed by atoms with E-state index in [-0.39, 0.29) is 0 Å². The van der Waals surface area contributed by atoms with Crippen molar-refractivity contribution in [2.75, 3.05) is 13.2 Å². The highest BCUT2D eigenvalue weighted by atomic mass is 16.5. The molecule has 0 spiro atoms. The Hall–Kier alpha value is -10.2. The van der Waals surface area contributed by atoms with Crippen LogP contribution in [0.5, 0.6) is 11.5 Å². The summed E-state index contributed by atoms with van der Waals surface area (Å²) < 4.78 is 18.7. The van der Waals surface area contributed by atoms with Crippen molar-refractivity contribution in [3.8, 4) is 46.2 Å². The number of ether oxygens (including phenoxy) is 2. The number of pyridine rings is 2. The standard InChI is InChI=1S/C80H74B2N6O2/c1-5-9-29-57(7-3)55-89-67-43-27-33-61(51-67)77-75-76(80(70(54-84)74-50-48-60-32-24-26-46-72(60)86-74)87(77)81(63-35-15-11-16-36-63)64-37-17-12-18-38-64)78(62-34-28-44-68(52-62)90-56-58(8-4)30-10-6-2)88(82(65-39-19-13-20-40-65)66-41-21-14-22-42-66)79(75)69(53-83)73-49-47-59-31-23-25-45-71(59)85-73/h11-28,31-52,57-58H,5-10,29-30,55-56H2,1-4H3/b79-69-,80-70-. The molecule has 4 heterocycles. The molecule has 0 radical (unpaired) electrons. The largest absolute Gasteiger partial charge is 0.493 e. The first-order valence-electron chi connectivity index (χ1n) is 32.2. The maximum Gasteiger partial charge on any atom is 0.328 e. The zero-order valence-corrected chi connectivity index (χ0v) is 52.0. The minimum atomic E-state index is -0.557. The quantitative estimate of drug-likeness (QED) is 0.0559. The third kappa shape index (κ3) is 12.5. The molecule has 2 atom stereocenters. The monoisotopic (exact) mass is 1170 g/mol. The van der Waals surface area contributed by atoms with E-state index in [1.54, 1.807) is 0 Å². The molecular weight excluding hydrogens is 1100 g/mol. The van der Waals surface area contributed by atoms with E-state index in [1.165, 1.54) is 0 Å². The van der Waals surface area contributed by atoms with Crippen molar-refractivity contribution < 1.29 is 9.47 Å². The van der Waals surface area contributed by atoms with Gasteiger partial charge in [0.1, 0.15) is 34.8 Å². The molecule has 0 N–H and O–H groups in total. The predicted octanol–water partition coefficient (Wildman–Crippen LogP) is 14.8. The summed E-state index contributed by atoms with van der Waals surface area (Å²) >= 11 is 0. The molecule has 0 amide bonds. The van der Waals surface area contributed by atoms with Gasteiger partial charge in [-0.25, -0.2) is 9.97 Å². The first-order valence-corrected chi connectivity index (χ1v) is 32.2. The first kappa shape index (κ1) is 60.1. The molecule has 0 aliphatic carbocycles. The molecule has 0 bridgehead atoms. The Morgan fingerprint density at radius 2 is 0.778 bits per heavy atom. The summed E-state index contributed by atoms with van der Waals surface area (Å²) in [6.07, 6.45) is 8.66. The maximum atomic E-state index is 12.6. The van der Waals surface area contributed by atoms with E-state index >= 15 is 0 Å². The Balaban J connectivity index is 1.37. The van der Waals surface area contributed by atoms with Crippen molar-refractivity contribution in [1.29, 1.82) is 10.5 Å². The van der Waals surface area contributed by atoms with Gasteiger partial charge < -0.3 is 18.4 Å². The summed E-state index contributed by atoms with van der Waals surface area (Å²) in [5.74, 6) is 2.20. The van der Waals surface area contributed by atoms with Gasteiger partial charge in [-0.05, 0) is 73.2 Å². The van der Waals surface area contributed by atoms with Crippen molar-refractivity contribution in [2.24, 2.45) is 11.8 Å². The minimum absolute atomic E-state index is 0.361. The fourth-order valence-corrected chi connectivity index (χ4v) is 13.1. The fourth-order valence-electron chi connectivity index (χ4n) is 13.1. The van der Waals surface area contributed by atoms with E-state index in [2.05, 4.69) is 243 Å². The van der Waals surface area contributed by atoms with Crippen molar-refractivity contribution in [1.82, 2.24) is 18.9 Å². The molecular formula is C80H74B2N6O2. The molecule has 8 nitrogen and oxygen atoms in total. The van der Waals surface area contributed by atoms with Gasteiger partial charge in [-0.2, -0.15) is 10.5 Å². The number of nitriles is 2. The second kappa shape index (κ2) is 28.3. The van der Waals surface area contributed by atoms with Crippen LogP contribution >= 0.6 is 0 Å².